The van der Waals surface area contributed by atoms with Crippen LogP contribution in [0.15, 0.2) is 0 Å². The maximum Gasteiger partial charge on any atom is 0.0304 e. The summed E-state index contributed by atoms with van der Waals surface area (Å²) >= 11 is 0. The third-order valence-electron chi connectivity index (χ3n) is 5.34. The Labute approximate surface area is 119 Å². The van der Waals surface area contributed by atoms with E-state index in [-0.39, 0.29) is 5.54 Å². The first-order valence-corrected chi connectivity index (χ1v) is 8.39. The molecule has 0 aliphatic carbocycles. The lowest BCUT2D eigenvalue weighted by Crippen LogP contribution is -2.51. The molecule has 0 radical (unpaired) electrons. The molecule has 19 heavy (non-hydrogen) atoms. The number of rotatable bonds is 7. The molecule has 2 saturated heterocycles. The van der Waals surface area contributed by atoms with E-state index in [0.717, 1.165) is 12.6 Å². The van der Waals surface area contributed by atoms with Gasteiger partial charge in [0.15, 0.2) is 0 Å². The minimum absolute atomic E-state index is 0.240. The van der Waals surface area contributed by atoms with Gasteiger partial charge in [0.05, 0.1) is 0 Å². The van der Waals surface area contributed by atoms with Gasteiger partial charge in [-0.05, 0) is 45.7 Å². The van der Waals surface area contributed by atoms with Crippen molar-refractivity contribution in [1.82, 2.24) is 9.80 Å². The topological polar surface area (TPSA) is 32.5 Å². The number of hydrogen-bond donors (Lipinski definition) is 1. The van der Waals surface area contributed by atoms with Crippen molar-refractivity contribution in [2.45, 2.75) is 70.4 Å². The zero-order valence-electron chi connectivity index (χ0n) is 13.0. The molecule has 2 aliphatic rings. The van der Waals surface area contributed by atoms with Crippen molar-refractivity contribution in [3.8, 4) is 0 Å². The summed E-state index contributed by atoms with van der Waals surface area (Å²) in [6, 6.07) is 0.805. The SMILES string of the molecule is CCCCCC(C)(CN)N1CCC(N2CCCC2)C1. The van der Waals surface area contributed by atoms with Crippen LogP contribution in [0.4, 0.5) is 0 Å². The second-order valence-electron chi connectivity index (χ2n) is 6.79. The van der Waals surface area contributed by atoms with Gasteiger partial charge in [-0.1, -0.05) is 26.2 Å². The van der Waals surface area contributed by atoms with Gasteiger partial charge in [0.1, 0.15) is 0 Å². The smallest absolute Gasteiger partial charge is 0.0304 e. The second-order valence-corrected chi connectivity index (χ2v) is 6.79. The van der Waals surface area contributed by atoms with Crippen molar-refractivity contribution in [3.63, 3.8) is 0 Å². The third-order valence-corrected chi connectivity index (χ3v) is 5.34. The van der Waals surface area contributed by atoms with Crippen molar-refractivity contribution in [3.05, 3.63) is 0 Å². The highest BCUT2D eigenvalue weighted by Gasteiger charge is 2.37. The lowest BCUT2D eigenvalue weighted by atomic mass is 9.92. The van der Waals surface area contributed by atoms with Gasteiger partial charge in [-0.25, -0.2) is 0 Å². The zero-order valence-corrected chi connectivity index (χ0v) is 13.0. The van der Waals surface area contributed by atoms with Crippen molar-refractivity contribution in [2.75, 3.05) is 32.7 Å². The maximum atomic E-state index is 6.11. The lowest BCUT2D eigenvalue weighted by molar-refractivity contribution is 0.115. The summed E-state index contributed by atoms with van der Waals surface area (Å²) in [5.41, 5.74) is 6.35. The van der Waals surface area contributed by atoms with E-state index in [1.54, 1.807) is 0 Å². The molecule has 0 bridgehead atoms. The number of unbranched alkanes of at least 4 members (excludes halogenated alkanes) is 2. The van der Waals surface area contributed by atoms with Crippen LogP contribution < -0.4 is 5.73 Å². The summed E-state index contributed by atoms with van der Waals surface area (Å²) in [4.78, 5) is 5.40. The van der Waals surface area contributed by atoms with Crippen molar-refractivity contribution in [1.29, 1.82) is 0 Å². The van der Waals surface area contributed by atoms with Crippen LogP contribution >= 0.6 is 0 Å². The normalized spacial score (nSPS) is 28.9. The molecule has 2 N–H and O–H groups in total. The van der Waals surface area contributed by atoms with Gasteiger partial charge in [0.2, 0.25) is 0 Å². The molecule has 0 aromatic carbocycles. The molecule has 112 valence electrons. The number of hydrogen-bond acceptors (Lipinski definition) is 3. The minimum atomic E-state index is 0.240. The fourth-order valence-electron chi connectivity index (χ4n) is 3.78. The fraction of sp³-hybridized carbons (Fsp3) is 1.00. The Hall–Kier alpha value is -0.120. The molecule has 2 atom stereocenters. The van der Waals surface area contributed by atoms with Gasteiger partial charge in [-0.3, -0.25) is 9.80 Å². The monoisotopic (exact) mass is 267 g/mol. The highest BCUT2D eigenvalue weighted by molar-refractivity contribution is 4.95. The number of likely N-dealkylation sites (tertiary alicyclic amines) is 2. The van der Waals surface area contributed by atoms with Gasteiger partial charge in [-0.2, -0.15) is 0 Å². The third kappa shape index (κ3) is 3.71. The van der Waals surface area contributed by atoms with E-state index in [4.69, 9.17) is 5.73 Å². The van der Waals surface area contributed by atoms with Crippen LogP contribution in [0.1, 0.15) is 58.8 Å². The van der Waals surface area contributed by atoms with Crippen molar-refractivity contribution >= 4 is 0 Å². The van der Waals surface area contributed by atoms with Crippen LogP contribution in [-0.2, 0) is 0 Å². The molecule has 2 rings (SSSR count). The lowest BCUT2D eigenvalue weighted by Gasteiger charge is -2.39. The Balaban J connectivity index is 1.85. The van der Waals surface area contributed by atoms with Crippen LogP contribution in [0.3, 0.4) is 0 Å². The summed E-state index contributed by atoms with van der Waals surface area (Å²) in [6.07, 6.45) is 9.40. The molecule has 3 nitrogen and oxygen atoms in total. The van der Waals surface area contributed by atoms with Gasteiger partial charge < -0.3 is 5.73 Å². The molecule has 0 saturated carbocycles. The van der Waals surface area contributed by atoms with Crippen molar-refractivity contribution in [2.24, 2.45) is 5.73 Å². The first-order valence-electron chi connectivity index (χ1n) is 8.39. The first-order chi connectivity index (χ1) is 9.19. The first kappa shape index (κ1) is 15.3. The number of nitrogens with zero attached hydrogens (tertiary/aromatic N) is 2. The molecule has 0 spiro atoms. The predicted molar refractivity (Wildman–Crippen MR) is 82.4 cm³/mol. The van der Waals surface area contributed by atoms with E-state index in [1.807, 2.05) is 0 Å². The Morgan fingerprint density at radius 3 is 2.53 bits per heavy atom. The standard InChI is InChI=1S/C16H33N3/c1-3-4-5-9-16(2,14-17)19-12-8-15(13-19)18-10-6-7-11-18/h15H,3-14,17H2,1-2H3. The molecule has 2 unspecified atom stereocenters. The summed E-state index contributed by atoms with van der Waals surface area (Å²) < 4.78 is 0. The highest BCUT2D eigenvalue weighted by atomic mass is 15.3. The Morgan fingerprint density at radius 1 is 1.16 bits per heavy atom. The highest BCUT2D eigenvalue weighted by Crippen LogP contribution is 2.29. The summed E-state index contributed by atoms with van der Waals surface area (Å²) in [6.45, 7) is 10.6. The van der Waals surface area contributed by atoms with E-state index in [2.05, 4.69) is 23.6 Å². The van der Waals surface area contributed by atoms with Gasteiger partial charge in [-0.15, -0.1) is 0 Å². The summed E-state index contributed by atoms with van der Waals surface area (Å²) in [7, 11) is 0. The van der Waals surface area contributed by atoms with Crippen LogP contribution in [-0.4, -0.2) is 54.1 Å². The van der Waals surface area contributed by atoms with Crippen LogP contribution in [0.5, 0.6) is 0 Å². The van der Waals surface area contributed by atoms with Gasteiger partial charge >= 0.3 is 0 Å². The molecule has 0 amide bonds. The fourth-order valence-corrected chi connectivity index (χ4v) is 3.78. The summed E-state index contributed by atoms with van der Waals surface area (Å²) in [5, 5.41) is 0. The van der Waals surface area contributed by atoms with Crippen LogP contribution in [0, 0.1) is 0 Å². The minimum Gasteiger partial charge on any atom is -0.329 e. The molecular formula is C16H33N3. The van der Waals surface area contributed by atoms with Crippen LogP contribution in [0.2, 0.25) is 0 Å². The Morgan fingerprint density at radius 2 is 1.89 bits per heavy atom. The van der Waals surface area contributed by atoms with Gasteiger partial charge in [0.25, 0.3) is 0 Å². The van der Waals surface area contributed by atoms with Crippen molar-refractivity contribution < 1.29 is 0 Å². The number of nitrogens with two attached hydrogens (primary N) is 1. The van der Waals surface area contributed by atoms with E-state index in [0.29, 0.717) is 0 Å². The van der Waals surface area contributed by atoms with E-state index >= 15 is 0 Å². The zero-order chi connectivity index (χ0) is 13.7. The van der Waals surface area contributed by atoms with E-state index in [1.165, 1.54) is 71.1 Å². The van der Waals surface area contributed by atoms with Gasteiger partial charge in [0, 0.05) is 31.2 Å². The largest absolute Gasteiger partial charge is 0.329 e. The van der Waals surface area contributed by atoms with Crippen LogP contribution in [0.25, 0.3) is 0 Å². The quantitative estimate of drug-likeness (QED) is 0.719. The molecule has 0 aromatic heterocycles. The Bertz CT molecular complexity index is 263. The Kier molecular flexibility index (Phi) is 5.67. The molecule has 2 fully saturated rings. The summed E-state index contributed by atoms with van der Waals surface area (Å²) in [5.74, 6) is 0. The molecule has 2 heterocycles. The van der Waals surface area contributed by atoms with E-state index < -0.39 is 0 Å². The molecule has 0 aromatic rings. The molecule has 3 heteroatoms. The molecular weight excluding hydrogens is 234 g/mol. The predicted octanol–water partition coefficient (Wildman–Crippen LogP) is 2.45. The second kappa shape index (κ2) is 7.05. The maximum absolute atomic E-state index is 6.11. The average molecular weight is 267 g/mol. The van der Waals surface area contributed by atoms with E-state index in [9.17, 15) is 0 Å². The average Bonchev–Trinajstić information content (AvgIpc) is 3.09. The molecule has 2 aliphatic heterocycles.